The Morgan fingerprint density at radius 2 is 2.17 bits per heavy atom. The Labute approximate surface area is 139 Å². The Kier molecular flexibility index (Phi) is 3.65. The predicted molar refractivity (Wildman–Crippen MR) is 87.2 cm³/mol. The van der Waals surface area contributed by atoms with Gasteiger partial charge in [-0.1, -0.05) is 42.4 Å². The fourth-order valence-electron chi connectivity index (χ4n) is 3.11. The highest BCUT2D eigenvalue weighted by Crippen LogP contribution is 2.30. The summed E-state index contributed by atoms with van der Waals surface area (Å²) in [7, 11) is 0. The second-order valence-corrected chi connectivity index (χ2v) is 5.89. The molecule has 0 aliphatic carbocycles. The van der Waals surface area contributed by atoms with Crippen LogP contribution >= 0.6 is 0 Å². The van der Waals surface area contributed by atoms with Gasteiger partial charge in [-0.2, -0.15) is 0 Å². The number of carbonyl (C=O) groups is 1. The molecule has 0 radical (unpaired) electrons. The molecule has 6 nitrogen and oxygen atoms in total. The standard InChI is InChI=1S/C18H18N4O2/c1-2-14-10-15(20-24-14)18(23)22-12-17-19-8-9-21(17)11-16(22)13-6-4-3-5-7-13/h3-10,16H,2,11-12H2,1H3. The summed E-state index contributed by atoms with van der Waals surface area (Å²) in [6, 6.07) is 11.7. The molecule has 3 aromatic rings. The molecule has 4 rings (SSSR count). The van der Waals surface area contributed by atoms with E-state index in [9.17, 15) is 4.79 Å². The van der Waals surface area contributed by atoms with E-state index in [1.165, 1.54) is 0 Å². The highest BCUT2D eigenvalue weighted by atomic mass is 16.5. The zero-order chi connectivity index (χ0) is 16.5. The first-order chi connectivity index (χ1) is 11.8. The molecule has 3 heterocycles. The normalized spacial score (nSPS) is 16.9. The first kappa shape index (κ1) is 14.7. The number of imidazole rings is 1. The van der Waals surface area contributed by atoms with E-state index in [4.69, 9.17) is 4.52 Å². The van der Waals surface area contributed by atoms with Gasteiger partial charge in [-0.3, -0.25) is 4.79 Å². The topological polar surface area (TPSA) is 64.2 Å². The van der Waals surface area contributed by atoms with Gasteiger partial charge in [0.2, 0.25) is 0 Å². The van der Waals surface area contributed by atoms with Crippen molar-refractivity contribution in [2.45, 2.75) is 32.5 Å². The van der Waals surface area contributed by atoms with Crippen molar-refractivity contribution in [1.29, 1.82) is 0 Å². The van der Waals surface area contributed by atoms with Crippen LogP contribution in [0.1, 0.15) is 40.6 Å². The molecule has 0 bridgehead atoms. The van der Waals surface area contributed by atoms with Gasteiger partial charge in [0, 0.05) is 31.4 Å². The zero-order valence-electron chi connectivity index (χ0n) is 13.4. The van der Waals surface area contributed by atoms with Crippen molar-refractivity contribution in [2.24, 2.45) is 0 Å². The molecule has 0 saturated carbocycles. The fourth-order valence-corrected chi connectivity index (χ4v) is 3.11. The number of fused-ring (bicyclic) bond motifs is 1. The SMILES string of the molecule is CCc1cc(C(=O)N2Cc3nccn3CC2c2ccccc2)no1. The fraction of sp³-hybridized carbons (Fsp3) is 0.278. The number of aryl methyl sites for hydroxylation is 1. The molecule has 0 saturated heterocycles. The van der Waals surface area contributed by atoms with E-state index in [1.54, 1.807) is 12.3 Å². The van der Waals surface area contributed by atoms with Gasteiger partial charge in [0.15, 0.2) is 5.69 Å². The number of benzene rings is 1. The van der Waals surface area contributed by atoms with Gasteiger partial charge in [0.05, 0.1) is 12.6 Å². The van der Waals surface area contributed by atoms with Crippen LogP contribution in [0.25, 0.3) is 0 Å². The summed E-state index contributed by atoms with van der Waals surface area (Å²) in [5.41, 5.74) is 1.46. The summed E-state index contributed by atoms with van der Waals surface area (Å²) in [4.78, 5) is 19.2. The highest BCUT2D eigenvalue weighted by molar-refractivity contribution is 5.92. The molecular formula is C18H18N4O2. The van der Waals surface area contributed by atoms with Crippen molar-refractivity contribution in [3.8, 4) is 0 Å². The van der Waals surface area contributed by atoms with E-state index in [-0.39, 0.29) is 11.9 Å². The second-order valence-electron chi connectivity index (χ2n) is 5.89. The van der Waals surface area contributed by atoms with Crippen LogP contribution in [0.5, 0.6) is 0 Å². The summed E-state index contributed by atoms with van der Waals surface area (Å²) in [6.45, 7) is 3.11. The summed E-state index contributed by atoms with van der Waals surface area (Å²) in [5, 5.41) is 3.94. The average Bonchev–Trinajstić information content (AvgIpc) is 3.29. The van der Waals surface area contributed by atoms with E-state index >= 15 is 0 Å². The molecule has 0 fully saturated rings. The number of hydrogen-bond donors (Lipinski definition) is 0. The van der Waals surface area contributed by atoms with Crippen molar-refractivity contribution in [1.82, 2.24) is 19.6 Å². The Morgan fingerprint density at radius 3 is 2.92 bits per heavy atom. The summed E-state index contributed by atoms with van der Waals surface area (Å²) in [6.07, 6.45) is 4.45. The van der Waals surface area contributed by atoms with E-state index in [1.807, 2.05) is 48.4 Å². The minimum Gasteiger partial charge on any atom is -0.361 e. The quantitative estimate of drug-likeness (QED) is 0.744. The Morgan fingerprint density at radius 1 is 1.33 bits per heavy atom. The van der Waals surface area contributed by atoms with Crippen LogP contribution in [-0.4, -0.2) is 25.5 Å². The number of hydrogen-bond acceptors (Lipinski definition) is 4. The molecule has 1 unspecified atom stereocenters. The van der Waals surface area contributed by atoms with Gasteiger partial charge in [-0.15, -0.1) is 0 Å². The molecule has 1 aliphatic heterocycles. The van der Waals surface area contributed by atoms with Gasteiger partial charge in [-0.05, 0) is 5.56 Å². The van der Waals surface area contributed by atoms with E-state index < -0.39 is 0 Å². The third-order valence-corrected chi connectivity index (χ3v) is 4.43. The second kappa shape index (κ2) is 5.96. The molecule has 1 aliphatic rings. The molecule has 2 aromatic heterocycles. The smallest absolute Gasteiger partial charge is 0.277 e. The van der Waals surface area contributed by atoms with Gasteiger partial charge >= 0.3 is 0 Å². The van der Waals surface area contributed by atoms with Crippen molar-refractivity contribution >= 4 is 5.91 Å². The maximum Gasteiger partial charge on any atom is 0.277 e. The first-order valence-corrected chi connectivity index (χ1v) is 8.07. The van der Waals surface area contributed by atoms with Crippen molar-refractivity contribution in [2.75, 3.05) is 0 Å². The first-order valence-electron chi connectivity index (χ1n) is 8.07. The molecule has 24 heavy (non-hydrogen) atoms. The van der Waals surface area contributed by atoms with Gasteiger partial charge in [0.25, 0.3) is 5.91 Å². The monoisotopic (exact) mass is 322 g/mol. The third kappa shape index (κ3) is 2.50. The summed E-state index contributed by atoms with van der Waals surface area (Å²) < 4.78 is 7.30. The molecule has 0 spiro atoms. The highest BCUT2D eigenvalue weighted by Gasteiger charge is 2.33. The maximum atomic E-state index is 13.0. The number of carbonyl (C=O) groups excluding carboxylic acids is 1. The lowest BCUT2D eigenvalue weighted by Crippen LogP contribution is -2.41. The molecule has 6 heteroatoms. The molecule has 0 N–H and O–H groups in total. The predicted octanol–water partition coefficient (Wildman–Crippen LogP) is 2.83. The average molecular weight is 322 g/mol. The number of aromatic nitrogens is 3. The molecule has 1 aromatic carbocycles. The van der Waals surface area contributed by atoms with Crippen molar-refractivity contribution in [3.63, 3.8) is 0 Å². The largest absolute Gasteiger partial charge is 0.361 e. The van der Waals surface area contributed by atoms with E-state index in [0.717, 1.165) is 11.4 Å². The Hall–Kier alpha value is -2.89. The summed E-state index contributed by atoms with van der Waals surface area (Å²) >= 11 is 0. The summed E-state index contributed by atoms with van der Waals surface area (Å²) in [5.74, 6) is 1.48. The van der Waals surface area contributed by atoms with Crippen LogP contribution in [0.2, 0.25) is 0 Å². The van der Waals surface area contributed by atoms with Crippen LogP contribution in [-0.2, 0) is 19.5 Å². The zero-order valence-corrected chi connectivity index (χ0v) is 13.4. The molecule has 1 amide bonds. The minimum atomic E-state index is -0.124. The minimum absolute atomic E-state index is 0.0535. The van der Waals surface area contributed by atoms with Gasteiger partial charge < -0.3 is 14.0 Å². The number of rotatable bonds is 3. The molecule has 122 valence electrons. The Balaban J connectivity index is 1.71. The number of amides is 1. The van der Waals surface area contributed by atoms with E-state index in [2.05, 4.69) is 14.7 Å². The molecular weight excluding hydrogens is 304 g/mol. The van der Waals surface area contributed by atoms with Crippen molar-refractivity contribution in [3.05, 3.63) is 71.6 Å². The van der Waals surface area contributed by atoms with Crippen LogP contribution in [0, 0.1) is 0 Å². The van der Waals surface area contributed by atoms with Crippen LogP contribution < -0.4 is 0 Å². The van der Waals surface area contributed by atoms with Crippen LogP contribution in [0.3, 0.4) is 0 Å². The number of nitrogens with zero attached hydrogens (tertiary/aromatic N) is 4. The maximum absolute atomic E-state index is 13.0. The van der Waals surface area contributed by atoms with Crippen molar-refractivity contribution < 1.29 is 9.32 Å². The lowest BCUT2D eigenvalue weighted by molar-refractivity contribution is 0.0573. The lowest BCUT2D eigenvalue weighted by Gasteiger charge is -2.36. The third-order valence-electron chi connectivity index (χ3n) is 4.43. The Bertz CT molecular complexity index is 853. The lowest BCUT2D eigenvalue weighted by atomic mass is 10.0. The van der Waals surface area contributed by atoms with Crippen LogP contribution in [0.15, 0.2) is 53.3 Å². The van der Waals surface area contributed by atoms with Gasteiger partial charge in [-0.25, -0.2) is 4.98 Å². The van der Waals surface area contributed by atoms with E-state index in [0.29, 0.717) is 31.0 Å². The van der Waals surface area contributed by atoms with Crippen LogP contribution in [0.4, 0.5) is 0 Å². The molecule has 1 atom stereocenters. The van der Waals surface area contributed by atoms with Gasteiger partial charge in [0.1, 0.15) is 11.6 Å².